The summed E-state index contributed by atoms with van der Waals surface area (Å²) < 4.78 is 21.5. The van der Waals surface area contributed by atoms with Crippen LogP contribution in [0.3, 0.4) is 0 Å². The van der Waals surface area contributed by atoms with Crippen LogP contribution in [0.5, 0.6) is 0 Å². The number of para-hydroxylation sites is 1. The highest BCUT2D eigenvalue weighted by Crippen LogP contribution is 2.24. The standard InChI is InChI=1S/C27H39FN6O3.C4H4O4/c1-4-5-9-24-25(30-31-34(24)23-10-7-6-8-22(23)28)27(36)33(18-19(2)3)21-15-20(16-29-17-21)26(35)32-11-13-37-14-12-32;5-3(6)1-2-4(7)8/h6-8,10,19-21,29H,4-5,9,11-18H2,1-3H3;1-2H,(H,5,6)(H,7,8)/b;2-1+/t20-,21+;/m1./s1. The van der Waals surface area contributed by atoms with Gasteiger partial charge in [0.15, 0.2) is 5.69 Å². The Morgan fingerprint density at radius 2 is 1.78 bits per heavy atom. The predicted molar refractivity (Wildman–Crippen MR) is 162 cm³/mol. The van der Waals surface area contributed by atoms with Crippen LogP contribution in [0.4, 0.5) is 4.39 Å². The second-order valence-corrected chi connectivity index (χ2v) is 11.4. The first kappa shape index (κ1) is 35.3. The number of benzene rings is 1. The van der Waals surface area contributed by atoms with Crippen molar-refractivity contribution in [1.82, 2.24) is 30.1 Å². The molecule has 0 spiro atoms. The number of nitrogens with one attached hydrogen (secondary N) is 1. The molecule has 1 aromatic carbocycles. The number of aromatic nitrogens is 3. The van der Waals surface area contributed by atoms with Crippen molar-refractivity contribution in [1.29, 1.82) is 0 Å². The van der Waals surface area contributed by atoms with Gasteiger partial charge in [0, 0.05) is 50.9 Å². The molecule has 246 valence electrons. The number of ether oxygens (including phenoxy) is 1. The van der Waals surface area contributed by atoms with Gasteiger partial charge in [-0.1, -0.05) is 44.5 Å². The first-order valence-electron chi connectivity index (χ1n) is 15.2. The lowest BCUT2D eigenvalue weighted by Gasteiger charge is -2.40. The minimum Gasteiger partial charge on any atom is -0.478 e. The van der Waals surface area contributed by atoms with Gasteiger partial charge >= 0.3 is 11.9 Å². The fraction of sp³-hybridized carbons (Fsp3) is 0.548. The van der Waals surface area contributed by atoms with Gasteiger partial charge in [0.05, 0.1) is 24.8 Å². The predicted octanol–water partition coefficient (Wildman–Crippen LogP) is 2.40. The zero-order valence-electron chi connectivity index (χ0n) is 26.0. The average Bonchev–Trinajstić information content (AvgIpc) is 3.45. The Hall–Kier alpha value is -4.17. The second-order valence-electron chi connectivity index (χ2n) is 11.4. The van der Waals surface area contributed by atoms with Gasteiger partial charge in [0.25, 0.3) is 5.91 Å². The lowest BCUT2D eigenvalue weighted by molar-refractivity contribution is -0.140. The SMILES string of the molecule is CCCCc1c(C(=O)N(CC(C)C)[C@@H]2CNC[C@H](C(=O)N3CCOCC3)C2)nnn1-c1ccccc1F.O=C(O)/C=C/C(=O)O. The molecular weight excluding hydrogens is 587 g/mol. The van der Waals surface area contributed by atoms with Crippen molar-refractivity contribution >= 4 is 23.8 Å². The summed E-state index contributed by atoms with van der Waals surface area (Å²) in [7, 11) is 0. The van der Waals surface area contributed by atoms with Crippen LogP contribution in [0.1, 0.15) is 56.2 Å². The summed E-state index contributed by atoms with van der Waals surface area (Å²) in [6, 6.07) is 6.24. The zero-order chi connectivity index (χ0) is 32.9. The van der Waals surface area contributed by atoms with Crippen molar-refractivity contribution in [3.05, 3.63) is 53.6 Å². The van der Waals surface area contributed by atoms with Gasteiger partial charge < -0.3 is 30.1 Å². The number of amides is 2. The third kappa shape index (κ3) is 10.2. The van der Waals surface area contributed by atoms with Crippen LogP contribution in [0.2, 0.25) is 0 Å². The van der Waals surface area contributed by atoms with E-state index in [4.69, 9.17) is 14.9 Å². The van der Waals surface area contributed by atoms with Crippen molar-refractivity contribution in [2.75, 3.05) is 45.9 Å². The van der Waals surface area contributed by atoms with Crippen molar-refractivity contribution in [2.24, 2.45) is 11.8 Å². The molecule has 0 saturated carbocycles. The maximum atomic E-state index is 14.6. The molecule has 2 fully saturated rings. The van der Waals surface area contributed by atoms with E-state index in [9.17, 15) is 23.6 Å². The van der Waals surface area contributed by atoms with E-state index in [0.717, 1.165) is 12.8 Å². The molecule has 0 bridgehead atoms. The smallest absolute Gasteiger partial charge is 0.328 e. The number of hydrogen-bond donors (Lipinski definition) is 3. The average molecular weight is 631 g/mol. The van der Waals surface area contributed by atoms with Gasteiger partial charge in [0.2, 0.25) is 5.91 Å². The lowest BCUT2D eigenvalue weighted by Crippen LogP contribution is -2.56. The van der Waals surface area contributed by atoms with E-state index < -0.39 is 17.8 Å². The third-order valence-electron chi connectivity index (χ3n) is 7.44. The van der Waals surface area contributed by atoms with E-state index in [0.29, 0.717) is 76.6 Å². The van der Waals surface area contributed by atoms with Crippen LogP contribution in [-0.2, 0) is 25.5 Å². The van der Waals surface area contributed by atoms with Crippen molar-refractivity contribution < 1.29 is 38.5 Å². The van der Waals surface area contributed by atoms with Crippen LogP contribution in [0.15, 0.2) is 36.4 Å². The van der Waals surface area contributed by atoms with Gasteiger partial charge in [0.1, 0.15) is 11.5 Å². The summed E-state index contributed by atoms with van der Waals surface area (Å²) in [5.41, 5.74) is 1.17. The molecule has 3 N–H and O–H groups in total. The number of carbonyl (C=O) groups excluding carboxylic acids is 2. The fourth-order valence-electron chi connectivity index (χ4n) is 5.31. The molecule has 0 aliphatic carbocycles. The lowest BCUT2D eigenvalue weighted by atomic mass is 9.92. The highest BCUT2D eigenvalue weighted by molar-refractivity contribution is 5.94. The Balaban J connectivity index is 0.000000610. The Kier molecular flexibility index (Phi) is 13.6. The maximum Gasteiger partial charge on any atom is 0.328 e. The quantitative estimate of drug-likeness (QED) is 0.314. The fourth-order valence-corrected chi connectivity index (χ4v) is 5.31. The van der Waals surface area contributed by atoms with Gasteiger partial charge in [-0.25, -0.2) is 18.7 Å². The number of rotatable bonds is 11. The number of nitrogens with zero attached hydrogens (tertiary/aromatic N) is 5. The number of morpholine rings is 1. The number of halogens is 1. The van der Waals surface area contributed by atoms with Crippen molar-refractivity contribution in [2.45, 2.75) is 52.5 Å². The van der Waals surface area contributed by atoms with Crippen molar-refractivity contribution in [3.8, 4) is 5.69 Å². The van der Waals surface area contributed by atoms with Crippen molar-refractivity contribution in [3.63, 3.8) is 0 Å². The highest BCUT2D eigenvalue weighted by Gasteiger charge is 2.37. The van der Waals surface area contributed by atoms with E-state index >= 15 is 0 Å². The topological polar surface area (TPSA) is 167 Å². The Morgan fingerprint density at radius 3 is 2.38 bits per heavy atom. The molecule has 1 aromatic heterocycles. The number of unbranched alkanes of at least 4 members (excludes halogenated alkanes) is 1. The summed E-state index contributed by atoms with van der Waals surface area (Å²) in [4.78, 5) is 50.1. The molecule has 45 heavy (non-hydrogen) atoms. The Morgan fingerprint density at radius 1 is 1.11 bits per heavy atom. The summed E-state index contributed by atoms with van der Waals surface area (Å²) in [5.74, 6) is -3.00. The monoisotopic (exact) mass is 630 g/mol. The van der Waals surface area contributed by atoms with Crippen LogP contribution >= 0.6 is 0 Å². The minimum absolute atomic E-state index is 0.117. The summed E-state index contributed by atoms with van der Waals surface area (Å²) in [5, 5.41) is 27.5. The normalized spacial score (nSPS) is 18.4. The number of carboxylic acids is 2. The molecule has 2 aliphatic heterocycles. The van der Waals surface area contributed by atoms with Crippen LogP contribution in [0, 0.1) is 17.7 Å². The van der Waals surface area contributed by atoms with E-state index in [2.05, 4.69) is 36.4 Å². The van der Waals surface area contributed by atoms with Gasteiger partial charge in [-0.15, -0.1) is 5.10 Å². The molecule has 4 rings (SSSR count). The van der Waals surface area contributed by atoms with Crippen LogP contribution in [-0.4, -0.2) is 111 Å². The van der Waals surface area contributed by atoms with E-state index in [1.807, 2.05) is 9.80 Å². The van der Waals surface area contributed by atoms with Crippen LogP contribution < -0.4 is 5.32 Å². The molecule has 0 radical (unpaired) electrons. The third-order valence-corrected chi connectivity index (χ3v) is 7.44. The van der Waals surface area contributed by atoms with E-state index in [1.165, 1.54) is 10.7 Å². The van der Waals surface area contributed by atoms with E-state index in [-0.39, 0.29) is 41.1 Å². The number of carbonyl (C=O) groups is 4. The molecule has 2 saturated heterocycles. The molecule has 2 aromatic rings. The molecule has 3 heterocycles. The maximum absolute atomic E-state index is 14.6. The Labute approximate surface area is 262 Å². The van der Waals surface area contributed by atoms with Gasteiger partial charge in [-0.05, 0) is 37.3 Å². The molecule has 2 atom stereocenters. The highest BCUT2D eigenvalue weighted by atomic mass is 19.1. The summed E-state index contributed by atoms with van der Waals surface area (Å²) in [6.45, 7) is 10.3. The molecule has 14 heteroatoms. The van der Waals surface area contributed by atoms with Crippen LogP contribution in [0.25, 0.3) is 5.69 Å². The Bertz CT molecular complexity index is 1330. The largest absolute Gasteiger partial charge is 0.478 e. The molecule has 2 aliphatic rings. The molecule has 13 nitrogen and oxygen atoms in total. The number of hydrogen-bond acceptors (Lipinski definition) is 8. The molecule has 0 unspecified atom stereocenters. The minimum atomic E-state index is -1.26. The van der Waals surface area contributed by atoms with Gasteiger partial charge in [-0.3, -0.25) is 9.59 Å². The number of piperidine rings is 1. The number of carboxylic acid groups (broad SMARTS) is 2. The number of aliphatic carboxylic acids is 2. The second kappa shape index (κ2) is 17.4. The first-order chi connectivity index (χ1) is 21.5. The summed E-state index contributed by atoms with van der Waals surface area (Å²) in [6.07, 6.45) is 4.02. The molecular formula is C31H43FN6O7. The summed E-state index contributed by atoms with van der Waals surface area (Å²) >= 11 is 0. The zero-order valence-corrected chi connectivity index (χ0v) is 26.0. The van der Waals surface area contributed by atoms with Gasteiger partial charge in [-0.2, -0.15) is 0 Å². The molecule has 2 amide bonds. The van der Waals surface area contributed by atoms with E-state index in [1.54, 1.807) is 18.2 Å². The first-order valence-corrected chi connectivity index (χ1v) is 15.2.